The lowest BCUT2D eigenvalue weighted by molar-refractivity contribution is 0.454. The van der Waals surface area contributed by atoms with Crippen LogP contribution in [0.4, 0.5) is 0 Å². The van der Waals surface area contributed by atoms with Crippen LogP contribution in [-0.2, 0) is 0 Å². The van der Waals surface area contributed by atoms with E-state index in [0.717, 1.165) is 28.2 Å². The van der Waals surface area contributed by atoms with E-state index in [2.05, 4.69) is 32.0 Å². The van der Waals surface area contributed by atoms with Crippen molar-refractivity contribution in [1.29, 1.82) is 0 Å². The van der Waals surface area contributed by atoms with Gasteiger partial charge in [0.2, 0.25) is 0 Å². The lowest BCUT2D eigenvalue weighted by atomic mass is 10.0. The van der Waals surface area contributed by atoms with E-state index in [-0.39, 0.29) is 5.92 Å². The molecule has 0 radical (unpaired) electrons. The van der Waals surface area contributed by atoms with Crippen molar-refractivity contribution in [3.05, 3.63) is 78.4 Å². The Bertz CT molecular complexity index is 792. The van der Waals surface area contributed by atoms with Crippen molar-refractivity contribution >= 4 is 0 Å². The highest BCUT2D eigenvalue weighted by molar-refractivity contribution is 5.65. The Morgan fingerprint density at radius 3 is 2.17 bits per heavy atom. The van der Waals surface area contributed by atoms with E-state index >= 15 is 0 Å². The zero-order chi connectivity index (χ0) is 16.2. The van der Waals surface area contributed by atoms with E-state index < -0.39 is 0 Å². The van der Waals surface area contributed by atoms with Gasteiger partial charge in [0.1, 0.15) is 17.2 Å². The minimum Gasteiger partial charge on any atom is -0.508 e. The maximum absolute atomic E-state index is 9.91. The predicted molar refractivity (Wildman–Crippen MR) is 94.1 cm³/mol. The molecule has 3 aromatic rings. The first-order valence-corrected chi connectivity index (χ1v) is 7.80. The van der Waals surface area contributed by atoms with Crippen molar-refractivity contribution in [1.82, 2.24) is 0 Å². The third-order valence-corrected chi connectivity index (χ3v) is 3.80. The molecule has 0 unspecified atom stereocenters. The fourth-order valence-corrected chi connectivity index (χ4v) is 2.56. The summed E-state index contributed by atoms with van der Waals surface area (Å²) < 4.78 is 5.98. The van der Waals surface area contributed by atoms with Gasteiger partial charge in [-0.25, -0.2) is 0 Å². The van der Waals surface area contributed by atoms with Crippen molar-refractivity contribution in [2.75, 3.05) is 0 Å². The SMILES string of the molecule is CC(C)c1cc(Oc2cccc(-c3ccccc3)c2)ccc1O. The van der Waals surface area contributed by atoms with Gasteiger partial charge in [-0.15, -0.1) is 0 Å². The summed E-state index contributed by atoms with van der Waals surface area (Å²) in [5, 5.41) is 9.91. The smallest absolute Gasteiger partial charge is 0.128 e. The standard InChI is InChI=1S/C21H20O2/c1-15(2)20-14-19(11-12-21(20)22)23-18-10-6-9-17(13-18)16-7-4-3-5-8-16/h3-15,22H,1-2H3. The summed E-state index contributed by atoms with van der Waals surface area (Å²) in [7, 11) is 0. The van der Waals surface area contributed by atoms with Gasteiger partial charge in [0.15, 0.2) is 0 Å². The number of rotatable bonds is 4. The first kappa shape index (κ1) is 15.2. The van der Waals surface area contributed by atoms with Crippen molar-refractivity contribution in [3.63, 3.8) is 0 Å². The molecule has 0 spiro atoms. The Labute approximate surface area is 137 Å². The zero-order valence-electron chi connectivity index (χ0n) is 13.4. The van der Waals surface area contributed by atoms with E-state index in [1.165, 1.54) is 0 Å². The molecular weight excluding hydrogens is 284 g/mol. The second-order valence-electron chi connectivity index (χ2n) is 5.87. The van der Waals surface area contributed by atoms with Gasteiger partial charge < -0.3 is 9.84 Å². The lowest BCUT2D eigenvalue weighted by Gasteiger charge is -2.12. The molecule has 0 atom stereocenters. The molecule has 0 aromatic heterocycles. The molecule has 0 saturated carbocycles. The molecule has 0 fully saturated rings. The van der Waals surface area contributed by atoms with Crippen LogP contribution >= 0.6 is 0 Å². The van der Waals surface area contributed by atoms with E-state index in [9.17, 15) is 5.11 Å². The van der Waals surface area contributed by atoms with Crippen molar-refractivity contribution in [2.24, 2.45) is 0 Å². The molecule has 116 valence electrons. The van der Waals surface area contributed by atoms with Crippen LogP contribution in [-0.4, -0.2) is 5.11 Å². The quantitative estimate of drug-likeness (QED) is 0.643. The van der Waals surface area contributed by atoms with Gasteiger partial charge >= 0.3 is 0 Å². The Kier molecular flexibility index (Phi) is 4.33. The molecule has 0 aliphatic carbocycles. The largest absolute Gasteiger partial charge is 0.508 e. The van der Waals surface area contributed by atoms with Gasteiger partial charge in [-0.1, -0.05) is 56.3 Å². The van der Waals surface area contributed by atoms with Crippen LogP contribution in [0.3, 0.4) is 0 Å². The highest BCUT2D eigenvalue weighted by Gasteiger charge is 2.08. The third kappa shape index (κ3) is 3.54. The minimum atomic E-state index is 0.245. The van der Waals surface area contributed by atoms with Gasteiger partial charge in [0, 0.05) is 5.56 Å². The number of benzene rings is 3. The number of hydrogen-bond acceptors (Lipinski definition) is 2. The predicted octanol–water partition coefficient (Wildman–Crippen LogP) is 5.97. The van der Waals surface area contributed by atoms with Gasteiger partial charge in [-0.3, -0.25) is 0 Å². The monoisotopic (exact) mass is 304 g/mol. The summed E-state index contributed by atoms with van der Waals surface area (Å²) in [6, 6.07) is 23.6. The fraction of sp³-hybridized carbons (Fsp3) is 0.143. The Morgan fingerprint density at radius 1 is 0.739 bits per heavy atom. The molecule has 0 amide bonds. The molecule has 3 rings (SSSR count). The number of phenols is 1. The summed E-state index contributed by atoms with van der Waals surface area (Å²) in [4.78, 5) is 0. The molecule has 2 nitrogen and oxygen atoms in total. The van der Waals surface area contributed by atoms with Gasteiger partial charge in [0.05, 0.1) is 0 Å². The maximum atomic E-state index is 9.91. The van der Waals surface area contributed by atoms with E-state index in [0.29, 0.717) is 5.75 Å². The lowest BCUT2D eigenvalue weighted by Crippen LogP contribution is -1.91. The van der Waals surface area contributed by atoms with E-state index in [1.807, 2.05) is 42.5 Å². The summed E-state index contributed by atoms with van der Waals surface area (Å²) in [6.07, 6.45) is 0. The molecule has 2 heteroatoms. The van der Waals surface area contributed by atoms with Crippen molar-refractivity contribution in [2.45, 2.75) is 19.8 Å². The molecule has 0 saturated heterocycles. The molecule has 0 aliphatic rings. The maximum Gasteiger partial charge on any atom is 0.128 e. The van der Waals surface area contributed by atoms with Crippen LogP contribution in [0.1, 0.15) is 25.3 Å². The molecule has 0 bridgehead atoms. The topological polar surface area (TPSA) is 29.5 Å². The molecule has 3 aromatic carbocycles. The summed E-state index contributed by atoms with van der Waals surface area (Å²) >= 11 is 0. The number of ether oxygens (including phenoxy) is 1. The summed E-state index contributed by atoms with van der Waals surface area (Å²) in [6.45, 7) is 4.10. The van der Waals surface area contributed by atoms with Gasteiger partial charge in [-0.2, -0.15) is 0 Å². The second kappa shape index (κ2) is 6.57. The van der Waals surface area contributed by atoms with Crippen LogP contribution in [0, 0.1) is 0 Å². The van der Waals surface area contributed by atoms with Crippen LogP contribution in [0.2, 0.25) is 0 Å². The van der Waals surface area contributed by atoms with Crippen molar-refractivity contribution in [3.8, 4) is 28.4 Å². The van der Waals surface area contributed by atoms with Crippen LogP contribution in [0.5, 0.6) is 17.2 Å². The normalized spacial score (nSPS) is 10.7. The Balaban J connectivity index is 1.88. The average Bonchev–Trinajstić information content (AvgIpc) is 2.57. The first-order chi connectivity index (χ1) is 11.1. The highest BCUT2D eigenvalue weighted by Crippen LogP contribution is 2.32. The molecular formula is C21H20O2. The molecule has 0 heterocycles. The van der Waals surface area contributed by atoms with Crippen LogP contribution in [0.15, 0.2) is 72.8 Å². The summed E-state index contributed by atoms with van der Waals surface area (Å²) in [5.74, 6) is 2.07. The zero-order valence-corrected chi connectivity index (χ0v) is 13.4. The number of hydrogen-bond donors (Lipinski definition) is 1. The Hall–Kier alpha value is -2.74. The van der Waals surface area contributed by atoms with E-state index in [4.69, 9.17) is 4.74 Å². The first-order valence-electron chi connectivity index (χ1n) is 7.80. The summed E-state index contributed by atoms with van der Waals surface area (Å²) in [5.41, 5.74) is 3.17. The van der Waals surface area contributed by atoms with E-state index in [1.54, 1.807) is 12.1 Å². The van der Waals surface area contributed by atoms with Gasteiger partial charge in [0.25, 0.3) is 0 Å². The van der Waals surface area contributed by atoms with Crippen LogP contribution < -0.4 is 4.74 Å². The van der Waals surface area contributed by atoms with Crippen molar-refractivity contribution < 1.29 is 9.84 Å². The fourth-order valence-electron chi connectivity index (χ4n) is 2.56. The highest BCUT2D eigenvalue weighted by atomic mass is 16.5. The minimum absolute atomic E-state index is 0.245. The third-order valence-electron chi connectivity index (χ3n) is 3.80. The molecule has 0 aliphatic heterocycles. The number of phenolic OH excluding ortho intramolecular Hbond substituents is 1. The molecule has 1 N–H and O–H groups in total. The Morgan fingerprint density at radius 2 is 1.43 bits per heavy atom. The number of aromatic hydroxyl groups is 1. The second-order valence-corrected chi connectivity index (χ2v) is 5.87. The molecule has 23 heavy (non-hydrogen) atoms. The van der Waals surface area contributed by atoms with Gasteiger partial charge in [-0.05, 0) is 47.4 Å². The van der Waals surface area contributed by atoms with Crippen LogP contribution in [0.25, 0.3) is 11.1 Å². The average molecular weight is 304 g/mol.